The summed E-state index contributed by atoms with van der Waals surface area (Å²) in [6, 6.07) is 9.63. The number of hydrogen-bond acceptors (Lipinski definition) is 2. The van der Waals surface area contributed by atoms with Gasteiger partial charge in [-0.3, -0.25) is 4.98 Å². The number of pyridine rings is 1. The summed E-state index contributed by atoms with van der Waals surface area (Å²) in [6.07, 6.45) is 1.50. The van der Waals surface area contributed by atoms with Crippen LogP contribution in [0, 0.1) is 5.82 Å². The Bertz CT molecular complexity index is 860. The van der Waals surface area contributed by atoms with E-state index in [2.05, 4.69) is 4.98 Å². The van der Waals surface area contributed by atoms with E-state index in [1.807, 2.05) is 18.2 Å². The molecule has 0 amide bonds. The predicted molar refractivity (Wildman–Crippen MR) is 81.8 cm³/mol. The zero-order valence-electron chi connectivity index (χ0n) is 11.5. The van der Waals surface area contributed by atoms with E-state index in [-0.39, 0.29) is 5.56 Å². The highest BCUT2D eigenvalue weighted by atomic mass is 35.5. The lowest BCUT2D eigenvalue weighted by atomic mass is 10.2. The Labute approximate surface area is 130 Å². The molecule has 0 radical (unpaired) electrons. The second kappa shape index (κ2) is 5.77. The molecule has 2 heterocycles. The van der Waals surface area contributed by atoms with Gasteiger partial charge in [-0.2, -0.15) is 0 Å². The minimum atomic E-state index is -1.09. The number of carboxylic acids is 1. The molecule has 4 nitrogen and oxygen atoms in total. The lowest BCUT2D eigenvalue weighted by Gasteiger charge is -2.06. The van der Waals surface area contributed by atoms with Gasteiger partial charge in [0, 0.05) is 17.1 Å². The number of carboxylic acid groups (broad SMARTS) is 1. The smallest absolute Gasteiger partial charge is 0.337 e. The van der Waals surface area contributed by atoms with E-state index >= 15 is 0 Å². The molecule has 0 aliphatic heterocycles. The topological polar surface area (TPSA) is 55.1 Å². The minimum absolute atomic E-state index is 0.0722. The maximum absolute atomic E-state index is 13.4. The molecule has 112 valence electrons. The number of aromatic carboxylic acids is 1. The van der Waals surface area contributed by atoms with Gasteiger partial charge in [-0.1, -0.05) is 6.07 Å². The molecule has 2 aromatic heterocycles. The van der Waals surface area contributed by atoms with Gasteiger partial charge in [0.1, 0.15) is 5.82 Å². The fourth-order valence-electron chi connectivity index (χ4n) is 2.44. The number of carbonyl (C=O) groups is 1. The molecular formula is C16H12ClFN2O2. The van der Waals surface area contributed by atoms with Crippen LogP contribution in [0.1, 0.15) is 21.7 Å². The molecule has 1 aromatic carbocycles. The Hall–Kier alpha value is -2.40. The third kappa shape index (κ3) is 2.67. The molecule has 1 N–H and O–H groups in total. The van der Waals surface area contributed by atoms with Crippen molar-refractivity contribution in [3.8, 4) is 0 Å². The number of rotatable bonds is 4. The third-order valence-electron chi connectivity index (χ3n) is 3.41. The van der Waals surface area contributed by atoms with E-state index in [1.165, 1.54) is 18.3 Å². The summed E-state index contributed by atoms with van der Waals surface area (Å²) in [5, 5.41) is 9.64. The number of halogens is 2. The molecule has 0 saturated carbocycles. The first kappa shape index (κ1) is 14.5. The van der Waals surface area contributed by atoms with E-state index in [9.17, 15) is 14.3 Å². The van der Waals surface area contributed by atoms with Crippen molar-refractivity contribution < 1.29 is 14.3 Å². The normalized spacial score (nSPS) is 11.0. The number of hydrogen-bond donors (Lipinski definition) is 1. The van der Waals surface area contributed by atoms with Gasteiger partial charge < -0.3 is 9.67 Å². The molecule has 22 heavy (non-hydrogen) atoms. The molecule has 6 heteroatoms. The lowest BCUT2D eigenvalue weighted by Crippen LogP contribution is -2.02. The maximum atomic E-state index is 13.4. The van der Waals surface area contributed by atoms with Crippen LogP contribution in [0.5, 0.6) is 0 Å². The molecule has 0 aliphatic carbocycles. The summed E-state index contributed by atoms with van der Waals surface area (Å²) in [5.41, 5.74) is 2.23. The zero-order chi connectivity index (χ0) is 15.7. The number of aromatic nitrogens is 2. The predicted octanol–water partition coefficient (Wildman–Crippen LogP) is 3.66. The van der Waals surface area contributed by atoms with Gasteiger partial charge in [-0.15, -0.1) is 11.6 Å². The number of nitrogens with zero attached hydrogens (tertiary/aromatic N) is 2. The second-order valence-electron chi connectivity index (χ2n) is 4.89. The highest BCUT2D eigenvalue weighted by molar-refractivity contribution is 6.16. The van der Waals surface area contributed by atoms with Crippen molar-refractivity contribution in [1.29, 1.82) is 0 Å². The Morgan fingerprint density at radius 1 is 1.27 bits per heavy atom. The van der Waals surface area contributed by atoms with Crippen molar-refractivity contribution in [3.05, 3.63) is 65.4 Å². The van der Waals surface area contributed by atoms with Gasteiger partial charge in [0.15, 0.2) is 0 Å². The average Bonchev–Trinajstić information content (AvgIpc) is 2.85. The van der Waals surface area contributed by atoms with Gasteiger partial charge >= 0.3 is 5.97 Å². The van der Waals surface area contributed by atoms with Crippen LogP contribution in [0.2, 0.25) is 0 Å². The highest BCUT2D eigenvalue weighted by Gasteiger charge is 2.15. The van der Waals surface area contributed by atoms with Gasteiger partial charge in [0.25, 0.3) is 0 Å². The van der Waals surface area contributed by atoms with Crippen molar-refractivity contribution >= 4 is 28.5 Å². The number of alkyl halides is 1. The summed E-state index contributed by atoms with van der Waals surface area (Å²) >= 11 is 5.77. The highest BCUT2D eigenvalue weighted by Crippen LogP contribution is 2.23. The number of fused-ring (bicyclic) bond motifs is 1. The molecule has 0 saturated heterocycles. The van der Waals surface area contributed by atoms with Crippen LogP contribution in [0.4, 0.5) is 4.39 Å². The summed E-state index contributed by atoms with van der Waals surface area (Å²) in [5.74, 6) is -1.24. The Morgan fingerprint density at radius 3 is 2.77 bits per heavy atom. The van der Waals surface area contributed by atoms with Crippen LogP contribution in [-0.4, -0.2) is 20.6 Å². The fourth-order valence-corrected chi connectivity index (χ4v) is 2.59. The van der Waals surface area contributed by atoms with Crippen LogP contribution in [0.25, 0.3) is 10.9 Å². The third-order valence-corrected chi connectivity index (χ3v) is 3.68. The maximum Gasteiger partial charge on any atom is 0.337 e. The quantitative estimate of drug-likeness (QED) is 0.747. The number of benzene rings is 1. The van der Waals surface area contributed by atoms with Crippen molar-refractivity contribution in [1.82, 2.24) is 9.55 Å². The molecule has 3 rings (SSSR count). The molecular weight excluding hydrogens is 307 g/mol. The Morgan fingerprint density at radius 2 is 2.05 bits per heavy atom. The van der Waals surface area contributed by atoms with Crippen molar-refractivity contribution in [2.45, 2.75) is 12.4 Å². The molecule has 0 bridgehead atoms. The lowest BCUT2D eigenvalue weighted by molar-refractivity contribution is 0.0699. The molecule has 0 spiro atoms. The van der Waals surface area contributed by atoms with Gasteiger partial charge in [-0.05, 0) is 30.3 Å². The van der Waals surface area contributed by atoms with E-state index in [4.69, 9.17) is 11.6 Å². The first-order valence-electron chi connectivity index (χ1n) is 6.61. The zero-order valence-corrected chi connectivity index (χ0v) is 12.2. The molecule has 0 aliphatic rings. The van der Waals surface area contributed by atoms with Crippen molar-refractivity contribution in [2.75, 3.05) is 0 Å². The van der Waals surface area contributed by atoms with Gasteiger partial charge in [-0.25, -0.2) is 9.18 Å². The van der Waals surface area contributed by atoms with Crippen LogP contribution < -0.4 is 0 Å². The van der Waals surface area contributed by atoms with Gasteiger partial charge in [0.2, 0.25) is 0 Å². The molecule has 3 aromatic rings. The SMILES string of the molecule is O=C(O)c1cn(Cc2cccc(CCl)n2)c2ccc(F)cc12. The minimum Gasteiger partial charge on any atom is -0.478 e. The summed E-state index contributed by atoms with van der Waals surface area (Å²) < 4.78 is 15.1. The van der Waals surface area contributed by atoms with Crippen LogP contribution in [-0.2, 0) is 12.4 Å². The first-order valence-corrected chi connectivity index (χ1v) is 7.14. The average molecular weight is 319 g/mol. The van der Waals surface area contributed by atoms with Crippen LogP contribution in [0.3, 0.4) is 0 Å². The summed E-state index contributed by atoms with van der Waals surface area (Å²) in [6.45, 7) is 0.389. The monoisotopic (exact) mass is 318 g/mol. The summed E-state index contributed by atoms with van der Waals surface area (Å²) in [4.78, 5) is 15.7. The molecule has 0 fully saturated rings. The first-order chi connectivity index (χ1) is 10.6. The second-order valence-corrected chi connectivity index (χ2v) is 5.16. The van der Waals surface area contributed by atoms with Crippen LogP contribution in [0.15, 0.2) is 42.6 Å². The van der Waals surface area contributed by atoms with Crippen molar-refractivity contribution in [2.24, 2.45) is 0 Å². The standard InChI is InChI=1S/C16H12ClFN2O2/c17-7-11-2-1-3-12(19-11)8-20-9-14(16(21)22)13-6-10(18)4-5-15(13)20/h1-6,9H,7-8H2,(H,21,22). The largest absolute Gasteiger partial charge is 0.478 e. The van der Waals surface area contributed by atoms with E-state index in [0.29, 0.717) is 23.3 Å². The Kier molecular flexibility index (Phi) is 3.81. The van der Waals surface area contributed by atoms with E-state index in [1.54, 1.807) is 10.6 Å². The Balaban J connectivity index is 2.08. The van der Waals surface area contributed by atoms with Gasteiger partial charge in [0.05, 0.1) is 29.4 Å². The summed E-state index contributed by atoms with van der Waals surface area (Å²) in [7, 11) is 0. The molecule has 0 atom stereocenters. The van der Waals surface area contributed by atoms with E-state index in [0.717, 1.165) is 11.4 Å². The molecule has 0 unspecified atom stereocenters. The van der Waals surface area contributed by atoms with Crippen molar-refractivity contribution in [3.63, 3.8) is 0 Å². The van der Waals surface area contributed by atoms with Crippen LogP contribution >= 0.6 is 11.6 Å². The fraction of sp³-hybridized carbons (Fsp3) is 0.125. The van der Waals surface area contributed by atoms with E-state index < -0.39 is 11.8 Å².